The fraction of sp³-hybridized carbons (Fsp3) is 0. The summed E-state index contributed by atoms with van der Waals surface area (Å²) in [5.74, 6) is 0. The Bertz CT molecular complexity index is 4580. The van der Waals surface area contributed by atoms with Gasteiger partial charge < -0.3 is 13.7 Å². The highest BCUT2D eigenvalue weighted by atomic mass is 15.1. The first-order valence-electron chi connectivity index (χ1n) is 28.8. The van der Waals surface area contributed by atoms with Crippen LogP contribution in [0.2, 0.25) is 0 Å². The van der Waals surface area contributed by atoms with Crippen molar-refractivity contribution in [3.8, 4) is 28.2 Å². The molecule has 0 bridgehead atoms. The van der Waals surface area contributed by atoms with Gasteiger partial charge in [-0.3, -0.25) is 0 Å². The van der Waals surface area contributed by atoms with Crippen LogP contribution in [-0.2, 0) is 0 Å². The van der Waals surface area contributed by atoms with Gasteiger partial charge in [-0.2, -0.15) is 0 Å². The first kappa shape index (κ1) is 12.5. The molecule has 0 saturated heterocycles. The second kappa shape index (κ2) is 10.8. The minimum atomic E-state index is -0.950. The maximum atomic E-state index is 10.2. The molecule has 0 atom stereocenters. The molecule has 3 aromatic heterocycles. The van der Waals surface area contributed by atoms with E-state index in [0.29, 0.717) is 0 Å². The molecule has 0 radical (unpaired) electrons. The fourth-order valence-corrected chi connectivity index (χ4v) is 6.63. The molecule has 0 aliphatic carbocycles. The van der Waals surface area contributed by atoms with E-state index in [1.165, 1.54) is 24.3 Å². The summed E-state index contributed by atoms with van der Waals surface area (Å²) >= 11 is 0. The second-order valence-electron chi connectivity index (χ2n) is 11.3. The highest BCUT2D eigenvalue weighted by molar-refractivity contribution is 6.16. The van der Waals surface area contributed by atoms with Gasteiger partial charge in [0.1, 0.15) is 0 Å². The molecular formula is C48H31N3. The zero-order valence-corrected chi connectivity index (χ0v) is 25.7. The quantitative estimate of drug-likeness (QED) is 0.176. The van der Waals surface area contributed by atoms with Gasteiger partial charge in [0.25, 0.3) is 0 Å². The van der Waals surface area contributed by atoms with Gasteiger partial charge in [-0.15, -0.1) is 0 Å². The molecule has 0 N–H and O–H groups in total. The van der Waals surface area contributed by atoms with Gasteiger partial charge in [-0.05, 0) is 65.6 Å². The second-order valence-corrected chi connectivity index (χ2v) is 11.3. The van der Waals surface area contributed by atoms with Crippen LogP contribution in [0, 0.1) is 0 Å². The van der Waals surface area contributed by atoms with Crippen molar-refractivity contribution in [1.82, 2.24) is 13.7 Å². The Kier molecular flexibility index (Phi) is 2.65. The average molecular weight is 677 g/mol. The third-order valence-electron chi connectivity index (χ3n) is 8.73. The molecule has 51 heavy (non-hydrogen) atoms. The Morgan fingerprint density at radius 1 is 0.314 bits per heavy atom. The van der Waals surface area contributed by atoms with Gasteiger partial charge >= 0.3 is 0 Å². The number of benzene rings is 8. The van der Waals surface area contributed by atoms with Gasteiger partial charge in [-0.25, -0.2) is 0 Å². The smallest absolute Gasteiger partial charge is 0.0782 e. The van der Waals surface area contributed by atoms with Crippen LogP contribution in [0.25, 0.3) is 93.6 Å². The molecule has 0 amide bonds. The van der Waals surface area contributed by atoms with Crippen LogP contribution in [0.4, 0.5) is 0 Å². The van der Waals surface area contributed by atoms with Crippen LogP contribution >= 0.6 is 0 Å². The lowest BCUT2D eigenvalue weighted by Crippen LogP contribution is -2.01. The molecule has 3 heterocycles. The predicted molar refractivity (Wildman–Crippen MR) is 215 cm³/mol. The Hall–Kier alpha value is -6.84. The summed E-state index contributed by atoms with van der Waals surface area (Å²) in [5, 5.41) is -2.81. The molecule has 0 aliphatic rings. The lowest BCUT2D eigenvalue weighted by atomic mass is 10.1. The van der Waals surface area contributed by atoms with E-state index in [2.05, 4.69) is 0 Å². The maximum absolute atomic E-state index is 10.2. The maximum Gasteiger partial charge on any atom is 0.0782 e. The van der Waals surface area contributed by atoms with Crippen molar-refractivity contribution in [3.05, 3.63) is 187 Å². The topological polar surface area (TPSA) is 14.8 Å². The summed E-state index contributed by atoms with van der Waals surface area (Å²) in [5.41, 5.74) is -4.78. The van der Waals surface area contributed by atoms with E-state index in [1.807, 2.05) is 0 Å². The monoisotopic (exact) mass is 676 g/mol. The molecule has 11 aromatic rings. The minimum absolute atomic E-state index is 0.0495. The largest absolute Gasteiger partial charge is 0.309 e. The number of hydrogen-bond acceptors (Lipinski definition) is 0. The summed E-state index contributed by atoms with van der Waals surface area (Å²) in [6, 6.07) is -16.2. The highest BCUT2D eigenvalue weighted by Crippen LogP contribution is 2.41. The van der Waals surface area contributed by atoms with Crippen molar-refractivity contribution in [2.75, 3.05) is 0 Å². The number of fused-ring (bicyclic) bond motifs is 9. The minimum Gasteiger partial charge on any atom is -0.309 e. The molecule has 238 valence electrons. The van der Waals surface area contributed by atoms with Gasteiger partial charge in [0.15, 0.2) is 0 Å². The van der Waals surface area contributed by atoms with Crippen LogP contribution in [0.5, 0.6) is 0 Å². The third-order valence-corrected chi connectivity index (χ3v) is 8.73. The molecule has 0 unspecified atom stereocenters. The summed E-state index contributed by atoms with van der Waals surface area (Å²) in [6.07, 6.45) is 0. The average Bonchev–Trinajstić information content (AvgIpc) is 4.18. The van der Waals surface area contributed by atoms with Crippen molar-refractivity contribution < 1.29 is 37.0 Å². The molecule has 8 aromatic carbocycles. The van der Waals surface area contributed by atoms with Crippen molar-refractivity contribution in [2.45, 2.75) is 0 Å². The lowest BCUT2D eigenvalue weighted by molar-refractivity contribution is 1.12. The Labute approximate surface area is 332 Å². The molecule has 0 spiro atoms. The third kappa shape index (κ3) is 4.06. The number of nitrogens with zero attached hydrogens (tertiary/aromatic N) is 3. The zero-order valence-electron chi connectivity index (χ0n) is 52.7. The van der Waals surface area contributed by atoms with Gasteiger partial charge in [0, 0.05) is 43.7 Å². The summed E-state index contributed by atoms with van der Waals surface area (Å²) in [6.45, 7) is 0. The van der Waals surface area contributed by atoms with E-state index in [0.717, 1.165) is 13.7 Å². The molecule has 0 saturated carbocycles. The SMILES string of the molecule is [2H]c1c([2H])c([2H])c(-c2ccc(-n3c4c([2H])c([2H])c([2H])c([2H])c4c4c([2H])c([2H])c([2H])c(-n5c6c([2H])c([2H])c([2H])c([2H])c6c6c([2H])c([2H])c(-n7c8c([2H])c([2H])c([2H])c([2H])c8c8c([2H])c([2H])c([2H])c([2H])c87)c([2H])c65)c43)cc2)c([2H])c1[2H]. The standard InChI is InChI=1S/C48H31N3/c1-2-13-32(14-3-1)33-25-27-34(28-26-33)50-44-22-10-7-18-39(44)41-19-12-24-46(48(41)50)51-45-23-11-6-17-38(45)40-30-29-35(31-47(40)51)49-42-20-8-4-15-36(42)37-16-5-9-21-43(37)49/h1-31H/i1D,2D,3D,4D,5D,6D,7D,8D,9D,10D,11D,12D,13D,14D,15D,16D,17D,18D,19D,20D,21D,22D,23D,24D,29D,30D,31D. The predicted octanol–water partition coefficient (Wildman–Crippen LogP) is 12.6. The molecule has 11 rings (SSSR count). The molecular weight excluding hydrogens is 619 g/mol. The first-order valence-corrected chi connectivity index (χ1v) is 15.3. The zero-order chi connectivity index (χ0) is 57.0. The molecule has 3 heteroatoms. The normalized spacial score (nSPS) is 19.3. The highest BCUT2D eigenvalue weighted by Gasteiger charge is 2.21. The van der Waals surface area contributed by atoms with E-state index >= 15 is 0 Å². The van der Waals surface area contributed by atoms with E-state index in [9.17, 15) is 13.7 Å². The number of para-hydroxylation sites is 5. The number of hydrogen-bond donors (Lipinski definition) is 0. The first-order chi connectivity index (χ1) is 36.6. The molecule has 3 nitrogen and oxygen atoms in total. The number of aromatic nitrogens is 3. The van der Waals surface area contributed by atoms with Crippen LogP contribution in [0.3, 0.4) is 0 Å². The van der Waals surface area contributed by atoms with Crippen molar-refractivity contribution >= 4 is 65.4 Å². The van der Waals surface area contributed by atoms with E-state index in [4.69, 9.17) is 23.3 Å². The Balaban J connectivity index is 1.42. The van der Waals surface area contributed by atoms with Crippen LogP contribution in [0.15, 0.2) is 187 Å². The summed E-state index contributed by atoms with van der Waals surface area (Å²) in [7, 11) is 0. The van der Waals surface area contributed by atoms with Crippen molar-refractivity contribution in [3.63, 3.8) is 0 Å². The van der Waals surface area contributed by atoms with Crippen molar-refractivity contribution in [1.29, 1.82) is 0 Å². The van der Waals surface area contributed by atoms with E-state index < -0.39 is 229 Å². The van der Waals surface area contributed by atoms with Gasteiger partial charge in [-0.1, -0.05) is 133 Å². The van der Waals surface area contributed by atoms with Crippen molar-refractivity contribution in [2.24, 2.45) is 0 Å². The summed E-state index contributed by atoms with van der Waals surface area (Å²) < 4.78 is 246. The van der Waals surface area contributed by atoms with Crippen LogP contribution in [0.1, 0.15) is 37.0 Å². The van der Waals surface area contributed by atoms with Gasteiger partial charge in [0.2, 0.25) is 0 Å². The number of rotatable bonds is 4. The molecule has 0 aliphatic heterocycles. The van der Waals surface area contributed by atoms with E-state index in [-0.39, 0.29) is 27.7 Å². The Morgan fingerprint density at radius 3 is 1.43 bits per heavy atom. The van der Waals surface area contributed by atoms with Gasteiger partial charge in [0.05, 0.1) is 75.8 Å². The molecule has 0 fully saturated rings. The van der Waals surface area contributed by atoms with E-state index in [1.54, 1.807) is 0 Å². The Morgan fingerprint density at radius 2 is 0.804 bits per heavy atom. The summed E-state index contributed by atoms with van der Waals surface area (Å²) in [4.78, 5) is 0. The lowest BCUT2D eigenvalue weighted by Gasteiger charge is -2.15. The van der Waals surface area contributed by atoms with Crippen LogP contribution < -0.4 is 0 Å². The van der Waals surface area contributed by atoms with Crippen LogP contribution in [-0.4, -0.2) is 13.7 Å². The fourth-order valence-electron chi connectivity index (χ4n) is 6.63.